The first-order valence-corrected chi connectivity index (χ1v) is 8.36. The normalized spacial score (nSPS) is 16.1. The number of oxime groups is 1. The zero-order chi connectivity index (χ0) is 17.6. The average molecular weight is 343 g/mol. The Morgan fingerprint density at radius 2 is 1.84 bits per heavy atom. The predicted octanol–water partition coefficient (Wildman–Crippen LogP) is 2.62. The van der Waals surface area contributed by atoms with E-state index < -0.39 is 0 Å². The molecule has 5 nitrogen and oxygen atoms in total. The molecule has 0 saturated carbocycles. The number of hydrogen-bond acceptors (Lipinski definition) is 4. The van der Waals surface area contributed by atoms with Crippen molar-refractivity contribution in [2.24, 2.45) is 10.9 Å². The molecule has 0 aromatic heterocycles. The van der Waals surface area contributed by atoms with E-state index in [1.165, 1.54) is 6.07 Å². The molecule has 2 aromatic rings. The highest BCUT2D eigenvalue weighted by Gasteiger charge is 2.17. The van der Waals surface area contributed by atoms with Gasteiger partial charge < -0.3 is 20.6 Å². The first kappa shape index (κ1) is 17.2. The Hall–Kier alpha value is -2.60. The molecule has 0 bridgehead atoms. The molecule has 25 heavy (non-hydrogen) atoms. The molecule has 0 spiro atoms. The van der Waals surface area contributed by atoms with E-state index in [9.17, 15) is 9.50 Å². The molecule has 2 aromatic carbocycles. The van der Waals surface area contributed by atoms with Gasteiger partial charge in [0, 0.05) is 29.9 Å². The molecule has 0 unspecified atom stereocenters. The van der Waals surface area contributed by atoms with Crippen LogP contribution >= 0.6 is 0 Å². The van der Waals surface area contributed by atoms with Gasteiger partial charge in [-0.25, -0.2) is 4.39 Å². The Balaban J connectivity index is 1.58. The van der Waals surface area contributed by atoms with Gasteiger partial charge in [0.2, 0.25) is 0 Å². The van der Waals surface area contributed by atoms with Gasteiger partial charge >= 0.3 is 0 Å². The number of piperidine rings is 1. The highest BCUT2D eigenvalue weighted by Crippen LogP contribution is 2.20. The van der Waals surface area contributed by atoms with Crippen molar-refractivity contribution in [1.82, 2.24) is 0 Å². The SMILES string of the molecule is NC(=NOCc1ccccc1F)c1ccc(N2CCC(O)CC2)cc1. The van der Waals surface area contributed by atoms with Gasteiger partial charge in [-0.15, -0.1) is 0 Å². The van der Waals surface area contributed by atoms with Crippen LogP contribution in [0.5, 0.6) is 0 Å². The van der Waals surface area contributed by atoms with Gasteiger partial charge in [0.25, 0.3) is 0 Å². The molecule has 1 fully saturated rings. The number of rotatable bonds is 5. The van der Waals surface area contributed by atoms with Crippen molar-refractivity contribution in [3.8, 4) is 0 Å². The Kier molecular flexibility index (Phi) is 5.50. The van der Waals surface area contributed by atoms with Crippen molar-refractivity contribution in [2.45, 2.75) is 25.6 Å². The number of nitrogens with two attached hydrogens (primary N) is 1. The van der Waals surface area contributed by atoms with Crippen molar-refractivity contribution in [3.63, 3.8) is 0 Å². The molecule has 1 aliphatic rings. The van der Waals surface area contributed by atoms with Crippen LogP contribution in [0.25, 0.3) is 0 Å². The lowest BCUT2D eigenvalue weighted by Gasteiger charge is -2.31. The summed E-state index contributed by atoms with van der Waals surface area (Å²) in [7, 11) is 0. The second-order valence-electron chi connectivity index (χ2n) is 6.11. The molecule has 132 valence electrons. The summed E-state index contributed by atoms with van der Waals surface area (Å²) in [4.78, 5) is 7.39. The Morgan fingerprint density at radius 1 is 1.16 bits per heavy atom. The van der Waals surface area contributed by atoms with E-state index in [4.69, 9.17) is 10.6 Å². The predicted molar refractivity (Wildman–Crippen MR) is 95.8 cm³/mol. The van der Waals surface area contributed by atoms with Crippen molar-refractivity contribution in [1.29, 1.82) is 0 Å². The highest BCUT2D eigenvalue weighted by atomic mass is 19.1. The average Bonchev–Trinajstić information content (AvgIpc) is 2.64. The van der Waals surface area contributed by atoms with Crippen molar-refractivity contribution >= 4 is 11.5 Å². The monoisotopic (exact) mass is 343 g/mol. The second kappa shape index (κ2) is 7.98. The number of anilines is 1. The van der Waals surface area contributed by atoms with Gasteiger partial charge in [-0.05, 0) is 43.2 Å². The standard InChI is InChI=1S/C19H22FN3O2/c20-18-4-2-1-3-15(18)13-25-22-19(21)14-5-7-16(8-6-14)23-11-9-17(24)10-12-23/h1-8,17,24H,9-13H2,(H2,21,22). The third kappa shape index (κ3) is 4.48. The highest BCUT2D eigenvalue weighted by molar-refractivity contribution is 5.97. The van der Waals surface area contributed by atoms with Gasteiger partial charge in [0.05, 0.1) is 6.10 Å². The molecule has 1 heterocycles. The number of benzene rings is 2. The molecule has 1 saturated heterocycles. The molecular weight excluding hydrogens is 321 g/mol. The molecule has 0 atom stereocenters. The van der Waals surface area contributed by atoms with E-state index in [1.807, 2.05) is 24.3 Å². The maximum Gasteiger partial charge on any atom is 0.170 e. The molecule has 0 amide bonds. The van der Waals surface area contributed by atoms with Gasteiger partial charge in [0.1, 0.15) is 12.4 Å². The van der Waals surface area contributed by atoms with E-state index in [2.05, 4.69) is 10.1 Å². The van der Waals surface area contributed by atoms with Crippen molar-refractivity contribution in [2.75, 3.05) is 18.0 Å². The Labute approximate surface area is 146 Å². The van der Waals surface area contributed by atoms with Crippen LogP contribution in [0.2, 0.25) is 0 Å². The molecular formula is C19H22FN3O2. The quantitative estimate of drug-likeness (QED) is 0.497. The second-order valence-corrected chi connectivity index (χ2v) is 6.11. The summed E-state index contributed by atoms with van der Waals surface area (Å²) in [5, 5.41) is 13.4. The van der Waals surface area contributed by atoms with E-state index in [1.54, 1.807) is 18.2 Å². The van der Waals surface area contributed by atoms with Crippen molar-refractivity contribution < 1.29 is 14.3 Å². The zero-order valence-corrected chi connectivity index (χ0v) is 13.9. The first-order valence-electron chi connectivity index (χ1n) is 8.36. The maximum absolute atomic E-state index is 13.5. The fourth-order valence-corrected chi connectivity index (χ4v) is 2.81. The Bertz CT molecular complexity index is 726. The van der Waals surface area contributed by atoms with Crippen LogP contribution in [0, 0.1) is 5.82 Å². The molecule has 0 radical (unpaired) electrons. The summed E-state index contributed by atoms with van der Waals surface area (Å²) in [5.74, 6) is -0.0794. The van der Waals surface area contributed by atoms with Crippen LogP contribution in [-0.2, 0) is 11.4 Å². The van der Waals surface area contributed by atoms with Crippen LogP contribution < -0.4 is 10.6 Å². The molecule has 3 rings (SSSR count). The van der Waals surface area contributed by atoms with E-state index in [-0.39, 0.29) is 24.4 Å². The number of hydrogen-bond donors (Lipinski definition) is 2. The number of halogens is 1. The summed E-state index contributed by atoms with van der Waals surface area (Å²) >= 11 is 0. The maximum atomic E-state index is 13.5. The van der Waals surface area contributed by atoms with Gasteiger partial charge in [-0.2, -0.15) is 0 Å². The van der Waals surface area contributed by atoms with Gasteiger partial charge in [-0.3, -0.25) is 0 Å². The summed E-state index contributed by atoms with van der Waals surface area (Å²) in [6, 6.07) is 14.1. The zero-order valence-electron chi connectivity index (χ0n) is 13.9. The van der Waals surface area contributed by atoms with Gasteiger partial charge in [-0.1, -0.05) is 23.4 Å². The minimum Gasteiger partial charge on any atom is -0.393 e. The minimum atomic E-state index is -0.327. The number of amidine groups is 1. The third-order valence-electron chi connectivity index (χ3n) is 4.33. The fraction of sp³-hybridized carbons (Fsp3) is 0.316. The number of aliphatic hydroxyl groups excluding tert-OH is 1. The van der Waals surface area contributed by atoms with E-state index in [0.717, 1.165) is 37.2 Å². The number of aliphatic hydroxyl groups is 1. The van der Waals surface area contributed by atoms with Crippen LogP contribution in [0.15, 0.2) is 53.7 Å². The topological polar surface area (TPSA) is 71.1 Å². The van der Waals surface area contributed by atoms with Crippen molar-refractivity contribution in [3.05, 3.63) is 65.5 Å². The summed E-state index contributed by atoms with van der Waals surface area (Å²) in [5.41, 5.74) is 8.20. The Morgan fingerprint density at radius 3 is 2.52 bits per heavy atom. The lowest BCUT2D eigenvalue weighted by molar-refractivity contribution is 0.127. The smallest absolute Gasteiger partial charge is 0.170 e. The lowest BCUT2D eigenvalue weighted by Crippen LogP contribution is -2.35. The van der Waals surface area contributed by atoms with Gasteiger partial charge in [0.15, 0.2) is 5.84 Å². The minimum absolute atomic E-state index is 0.0293. The lowest BCUT2D eigenvalue weighted by atomic mass is 10.1. The van der Waals surface area contributed by atoms with Crippen LogP contribution in [0.4, 0.5) is 10.1 Å². The first-order chi connectivity index (χ1) is 12.1. The van der Waals surface area contributed by atoms with Crippen LogP contribution in [0.3, 0.4) is 0 Å². The van der Waals surface area contributed by atoms with Crippen LogP contribution in [-0.4, -0.2) is 30.1 Å². The third-order valence-corrected chi connectivity index (χ3v) is 4.33. The summed E-state index contributed by atoms with van der Waals surface area (Å²) in [6.45, 7) is 1.72. The fourth-order valence-electron chi connectivity index (χ4n) is 2.81. The van der Waals surface area contributed by atoms with Crippen LogP contribution in [0.1, 0.15) is 24.0 Å². The van der Waals surface area contributed by atoms with E-state index in [0.29, 0.717) is 5.56 Å². The molecule has 3 N–H and O–H groups in total. The summed E-state index contributed by atoms with van der Waals surface area (Å²) < 4.78 is 13.5. The van der Waals surface area contributed by atoms with E-state index >= 15 is 0 Å². The summed E-state index contributed by atoms with van der Waals surface area (Å²) in [6.07, 6.45) is 1.38. The molecule has 1 aliphatic heterocycles. The molecule has 6 heteroatoms. The number of nitrogens with zero attached hydrogens (tertiary/aromatic N) is 2. The largest absolute Gasteiger partial charge is 0.393 e. The molecule has 0 aliphatic carbocycles.